The Labute approximate surface area is 167 Å². The van der Waals surface area contributed by atoms with Crippen molar-refractivity contribution in [3.05, 3.63) is 30.1 Å². The Morgan fingerprint density at radius 1 is 1.25 bits per heavy atom. The lowest BCUT2D eigenvalue weighted by atomic mass is 9.93. The zero-order valence-corrected chi connectivity index (χ0v) is 16.8. The Balaban J connectivity index is 1.43. The lowest BCUT2D eigenvalue weighted by Crippen LogP contribution is -2.51. The van der Waals surface area contributed by atoms with Crippen molar-refractivity contribution in [1.82, 2.24) is 20.1 Å². The monoisotopic (exact) mass is 388 g/mol. The molecule has 7 nitrogen and oxygen atoms in total. The number of hydrogen-bond donors (Lipinski definition) is 1. The molecule has 3 rings (SSSR count). The molecule has 0 radical (unpaired) electrons. The molecule has 2 aliphatic rings. The predicted octanol–water partition coefficient (Wildman–Crippen LogP) is 2.42. The summed E-state index contributed by atoms with van der Waals surface area (Å²) in [6.45, 7) is 6.34. The van der Waals surface area contributed by atoms with Gasteiger partial charge in [-0.2, -0.15) is 0 Å². The lowest BCUT2D eigenvalue weighted by molar-refractivity contribution is -0.127. The number of amides is 2. The number of pyridine rings is 1. The van der Waals surface area contributed by atoms with E-state index < -0.39 is 0 Å². The van der Waals surface area contributed by atoms with Crippen LogP contribution in [0, 0.1) is 5.92 Å². The number of likely N-dealkylation sites (tertiary alicyclic amines) is 2. The fourth-order valence-corrected chi connectivity index (χ4v) is 4.08. The van der Waals surface area contributed by atoms with E-state index in [2.05, 4.69) is 15.2 Å². The molecule has 2 aliphatic heterocycles. The van der Waals surface area contributed by atoms with Crippen LogP contribution in [0.1, 0.15) is 44.6 Å². The van der Waals surface area contributed by atoms with Gasteiger partial charge >= 0.3 is 6.09 Å². The number of aromatic nitrogens is 1. The number of rotatable bonds is 6. The number of hydrogen-bond acceptors (Lipinski definition) is 5. The molecule has 28 heavy (non-hydrogen) atoms. The van der Waals surface area contributed by atoms with Gasteiger partial charge in [0, 0.05) is 44.6 Å². The van der Waals surface area contributed by atoms with Crippen LogP contribution in [0.15, 0.2) is 24.5 Å². The molecule has 0 spiro atoms. The minimum Gasteiger partial charge on any atom is -0.449 e. The molecule has 7 heteroatoms. The van der Waals surface area contributed by atoms with Crippen LogP contribution >= 0.6 is 0 Å². The molecule has 1 aromatic heterocycles. The number of piperidine rings is 2. The Bertz CT molecular complexity index is 632. The molecule has 2 fully saturated rings. The van der Waals surface area contributed by atoms with E-state index in [1.807, 2.05) is 24.0 Å². The van der Waals surface area contributed by atoms with Crippen LogP contribution in [-0.4, -0.2) is 65.6 Å². The van der Waals surface area contributed by atoms with Gasteiger partial charge in [0.05, 0.1) is 12.5 Å². The third-order valence-corrected chi connectivity index (χ3v) is 5.68. The lowest BCUT2D eigenvalue weighted by Gasteiger charge is -2.41. The highest BCUT2D eigenvalue weighted by Gasteiger charge is 2.32. The van der Waals surface area contributed by atoms with Crippen molar-refractivity contribution < 1.29 is 14.3 Å². The van der Waals surface area contributed by atoms with E-state index in [9.17, 15) is 9.59 Å². The summed E-state index contributed by atoms with van der Waals surface area (Å²) < 4.78 is 5.24. The van der Waals surface area contributed by atoms with E-state index in [0.29, 0.717) is 19.2 Å². The molecule has 3 heterocycles. The Kier molecular flexibility index (Phi) is 7.65. The van der Waals surface area contributed by atoms with Gasteiger partial charge < -0.3 is 15.0 Å². The average Bonchev–Trinajstić information content (AvgIpc) is 2.76. The molecular formula is C21H32N4O3. The van der Waals surface area contributed by atoms with Gasteiger partial charge in [-0.3, -0.25) is 14.7 Å². The highest BCUT2D eigenvalue weighted by atomic mass is 16.6. The summed E-state index contributed by atoms with van der Waals surface area (Å²) >= 11 is 0. The number of nitrogens with one attached hydrogen (secondary N) is 1. The normalized spacial score (nSPS) is 21.3. The van der Waals surface area contributed by atoms with Crippen molar-refractivity contribution in [2.24, 2.45) is 5.92 Å². The van der Waals surface area contributed by atoms with Gasteiger partial charge in [-0.1, -0.05) is 13.0 Å². The maximum absolute atomic E-state index is 12.6. The third kappa shape index (κ3) is 5.67. The topological polar surface area (TPSA) is 74.8 Å². The predicted molar refractivity (Wildman–Crippen MR) is 107 cm³/mol. The van der Waals surface area contributed by atoms with Crippen molar-refractivity contribution in [2.45, 2.75) is 51.6 Å². The van der Waals surface area contributed by atoms with Crippen LogP contribution < -0.4 is 5.32 Å². The summed E-state index contributed by atoms with van der Waals surface area (Å²) in [5.41, 5.74) is 1.02. The van der Waals surface area contributed by atoms with Crippen LogP contribution in [0.25, 0.3) is 0 Å². The minimum absolute atomic E-state index is 0.0398. The second kappa shape index (κ2) is 10.4. The smallest absolute Gasteiger partial charge is 0.409 e. The summed E-state index contributed by atoms with van der Waals surface area (Å²) in [6.07, 6.45) is 8.07. The van der Waals surface area contributed by atoms with Crippen LogP contribution in [0.2, 0.25) is 0 Å². The summed E-state index contributed by atoms with van der Waals surface area (Å²) in [4.78, 5) is 33.0. The van der Waals surface area contributed by atoms with Crippen LogP contribution in [-0.2, 0) is 16.1 Å². The second-order valence-electron chi connectivity index (χ2n) is 7.75. The van der Waals surface area contributed by atoms with E-state index in [1.165, 1.54) is 0 Å². The van der Waals surface area contributed by atoms with Gasteiger partial charge in [-0.25, -0.2) is 4.79 Å². The fourth-order valence-electron chi connectivity index (χ4n) is 4.08. The maximum atomic E-state index is 12.6. The molecule has 0 aliphatic carbocycles. The molecule has 1 atom stereocenters. The Morgan fingerprint density at radius 3 is 2.79 bits per heavy atom. The number of ether oxygens (including phenoxy) is 1. The zero-order chi connectivity index (χ0) is 19.8. The number of carbonyl (C=O) groups is 2. The number of nitrogens with zero attached hydrogens (tertiary/aromatic N) is 3. The SMILES string of the molecule is CCCOC(=O)N1CCC(N2CCC[C@@H](C(=O)NCc3cccnc3)C2)CC1. The van der Waals surface area contributed by atoms with Gasteiger partial charge in [0.1, 0.15) is 0 Å². The molecule has 0 aromatic carbocycles. The second-order valence-corrected chi connectivity index (χ2v) is 7.75. The largest absolute Gasteiger partial charge is 0.449 e. The molecule has 0 bridgehead atoms. The van der Waals surface area contributed by atoms with E-state index in [4.69, 9.17) is 4.74 Å². The first-order chi connectivity index (χ1) is 13.7. The van der Waals surface area contributed by atoms with Crippen LogP contribution in [0.3, 0.4) is 0 Å². The van der Waals surface area contributed by atoms with Gasteiger partial charge in [0.25, 0.3) is 0 Å². The molecule has 2 saturated heterocycles. The Morgan fingerprint density at radius 2 is 2.07 bits per heavy atom. The third-order valence-electron chi connectivity index (χ3n) is 5.68. The molecule has 1 aromatic rings. The summed E-state index contributed by atoms with van der Waals surface area (Å²) in [6, 6.07) is 4.30. The van der Waals surface area contributed by atoms with Crippen molar-refractivity contribution >= 4 is 12.0 Å². The van der Waals surface area contributed by atoms with Gasteiger partial charge in [0.2, 0.25) is 5.91 Å². The first-order valence-electron chi connectivity index (χ1n) is 10.5. The minimum atomic E-state index is -0.188. The van der Waals surface area contributed by atoms with E-state index in [-0.39, 0.29) is 17.9 Å². The average molecular weight is 389 g/mol. The molecule has 1 N–H and O–H groups in total. The van der Waals surface area contributed by atoms with Gasteiger partial charge in [0.15, 0.2) is 0 Å². The zero-order valence-electron chi connectivity index (χ0n) is 16.8. The maximum Gasteiger partial charge on any atom is 0.409 e. The first kappa shape index (κ1) is 20.6. The Hall–Kier alpha value is -2.15. The van der Waals surface area contributed by atoms with E-state index >= 15 is 0 Å². The van der Waals surface area contributed by atoms with Gasteiger partial charge in [-0.05, 0) is 50.3 Å². The van der Waals surface area contributed by atoms with Gasteiger partial charge in [-0.15, -0.1) is 0 Å². The van der Waals surface area contributed by atoms with Crippen molar-refractivity contribution in [3.8, 4) is 0 Å². The molecule has 2 amide bonds. The summed E-state index contributed by atoms with van der Waals surface area (Å²) in [7, 11) is 0. The first-order valence-corrected chi connectivity index (χ1v) is 10.5. The van der Waals surface area contributed by atoms with Crippen LogP contribution in [0.5, 0.6) is 0 Å². The van der Waals surface area contributed by atoms with Crippen molar-refractivity contribution in [1.29, 1.82) is 0 Å². The quantitative estimate of drug-likeness (QED) is 0.810. The molecule has 0 unspecified atom stereocenters. The van der Waals surface area contributed by atoms with Crippen LogP contribution in [0.4, 0.5) is 4.79 Å². The molecule has 0 saturated carbocycles. The fraction of sp³-hybridized carbons (Fsp3) is 0.667. The molecular weight excluding hydrogens is 356 g/mol. The van der Waals surface area contributed by atoms with Crippen molar-refractivity contribution in [3.63, 3.8) is 0 Å². The highest BCUT2D eigenvalue weighted by Crippen LogP contribution is 2.24. The summed E-state index contributed by atoms with van der Waals surface area (Å²) in [5, 5.41) is 3.06. The van der Waals surface area contributed by atoms with E-state index in [1.54, 1.807) is 12.4 Å². The summed E-state index contributed by atoms with van der Waals surface area (Å²) in [5.74, 6) is 0.173. The van der Waals surface area contributed by atoms with Crippen molar-refractivity contribution in [2.75, 3.05) is 32.8 Å². The number of carbonyl (C=O) groups excluding carboxylic acids is 2. The molecule has 154 valence electrons. The van der Waals surface area contributed by atoms with E-state index in [0.717, 1.165) is 63.8 Å². The highest BCUT2D eigenvalue weighted by molar-refractivity contribution is 5.79. The standard InChI is InChI=1S/C21H32N4O3/c1-2-13-28-21(27)24-11-7-19(8-12-24)25-10-4-6-18(16-25)20(26)23-15-17-5-3-9-22-14-17/h3,5,9,14,18-19H,2,4,6-8,10-13,15-16H2,1H3,(H,23,26)/t18-/m1/s1.